The Morgan fingerprint density at radius 2 is 2.11 bits per heavy atom. The van der Waals surface area contributed by atoms with Crippen molar-refractivity contribution in [3.63, 3.8) is 0 Å². The number of thiophene rings is 1. The first-order valence-electron chi connectivity index (χ1n) is 6.10. The van der Waals surface area contributed by atoms with Gasteiger partial charge in [0.1, 0.15) is 0 Å². The monoisotopic (exact) mass is 259 g/mol. The summed E-state index contributed by atoms with van der Waals surface area (Å²) in [4.78, 5) is 1.45. The van der Waals surface area contributed by atoms with E-state index >= 15 is 0 Å². The number of rotatable bonds is 1. The Labute approximate surface area is 109 Å². The van der Waals surface area contributed by atoms with Crippen LogP contribution in [0.5, 0.6) is 11.5 Å². The van der Waals surface area contributed by atoms with Crippen molar-refractivity contribution in [2.45, 2.75) is 12.3 Å². The summed E-state index contributed by atoms with van der Waals surface area (Å²) in [5.41, 5.74) is 2.51. The van der Waals surface area contributed by atoms with Crippen molar-refractivity contribution in [3.8, 4) is 11.5 Å². The molecule has 2 aliphatic rings. The predicted molar refractivity (Wildman–Crippen MR) is 71.8 cm³/mol. The second-order valence-electron chi connectivity index (χ2n) is 4.66. The van der Waals surface area contributed by atoms with Gasteiger partial charge in [-0.05, 0) is 29.5 Å². The van der Waals surface area contributed by atoms with Gasteiger partial charge in [-0.2, -0.15) is 0 Å². The third kappa shape index (κ3) is 1.56. The third-order valence-electron chi connectivity index (χ3n) is 3.55. The Hall–Kier alpha value is -1.68. The maximum atomic E-state index is 5.44. The molecule has 1 atom stereocenters. The molecule has 4 heteroatoms. The number of ether oxygens (including phenoxy) is 2. The van der Waals surface area contributed by atoms with Crippen LogP contribution in [0, 0.1) is 0 Å². The number of nitrogens with one attached hydrogen (secondary N) is 1. The molecule has 2 aromatic rings. The molecule has 0 spiro atoms. The van der Waals surface area contributed by atoms with E-state index in [9.17, 15) is 0 Å². The van der Waals surface area contributed by atoms with Crippen molar-refractivity contribution in [2.24, 2.45) is 0 Å². The lowest BCUT2D eigenvalue weighted by atomic mass is 9.92. The van der Waals surface area contributed by atoms with Crippen molar-refractivity contribution in [1.82, 2.24) is 0 Å². The van der Waals surface area contributed by atoms with E-state index in [2.05, 4.69) is 35.0 Å². The molecule has 0 saturated carbocycles. The molecular formula is C14H13NO2S. The Morgan fingerprint density at radius 3 is 2.94 bits per heavy atom. The summed E-state index contributed by atoms with van der Waals surface area (Å²) in [6.45, 7) is 1.33. The summed E-state index contributed by atoms with van der Waals surface area (Å²) in [6.07, 6.45) is 1.07. The minimum atomic E-state index is 0.340. The van der Waals surface area contributed by atoms with E-state index in [0.717, 1.165) is 24.5 Å². The van der Waals surface area contributed by atoms with Crippen LogP contribution in [0.25, 0.3) is 0 Å². The number of anilines is 1. The van der Waals surface area contributed by atoms with Gasteiger partial charge in [0.15, 0.2) is 11.5 Å². The smallest absolute Gasteiger partial charge is 0.231 e. The second kappa shape index (κ2) is 3.92. The number of hydrogen-bond donors (Lipinski definition) is 1. The molecule has 0 bridgehead atoms. The van der Waals surface area contributed by atoms with E-state index in [-0.39, 0.29) is 0 Å². The number of hydrogen-bond acceptors (Lipinski definition) is 4. The first kappa shape index (κ1) is 10.3. The molecule has 0 amide bonds. The zero-order valence-electron chi connectivity index (χ0n) is 9.81. The van der Waals surface area contributed by atoms with E-state index in [1.165, 1.54) is 16.1 Å². The standard InChI is InChI=1S/C14H13NO2S/c1-2-14(18-3-1)10-4-9-5-12-13(17-8-16-12)6-11(9)15-7-10/h1-3,5-6,10,15H,4,7-8H2. The fraction of sp³-hybridized carbons (Fsp3) is 0.286. The highest BCUT2D eigenvalue weighted by molar-refractivity contribution is 7.10. The lowest BCUT2D eigenvalue weighted by molar-refractivity contribution is 0.174. The zero-order chi connectivity index (χ0) is 11.9. The highest BCUT2D eigenvalue weighted by Gasteiger charge is 2.24. The molecule has 1 aromatic heterocycles. The molecule has 1 aromatic carbocycles. The highest BCUT2D eigenvalue weighted by Crippen LogP contribution is 2.41. The van der Waals surface area contributed by atoms with Crippen LogP contribution < -0.4 is 14.8 Å². The van der Waals surface area contributed by atoms with Crippen LogP contribution in [0.3, 0.4) is 0 Å². The summed E-state index contributed by atoms with van der Waals surface area (Å²) in [7, 11) is 0. The quantitative estimate of drug-likeness (QED) is 0.853. The van der Waals surface area contributed by atoms with E-state index in [4.69, 9.17) is 9.47 Å². The van der Waals surface area contributed by atoms with Crippen molar-refractivity contribution < 1.29 is 9.47 Å². The average Bonchev–Trinajstić information content (AvgIpc) is 3.06. The lowest BCUT2D eigenvalue weighted by Crippen LogP contribution is -2.20. The largest absolute Gasteiger partial charge is 0.454 e. The van der Waals surface area contributed by atoms with Crippen LogP contribution in [-0.2, 0) is 6.42 Å². The van der Waals surface area contributed by atoms with Gasteiger partial charge < -0.3 is 14.8 Å². The van der Waals surface area contributed by atoms with E-state index in [1.807, 2.05) is 11.3 Å². The van der Waals surface area contributed by atoms with Gasteiger partial charge in [0, 0.05) is 29.1 Å². The van der Waals surface area contributed by atoms with Crippen LogP contribution in [0.1, 0.15) is 16.4 Å². The summed E-state index contributed by atoms with van der Waals surface area (Å²) < 4.78 is 10.8. The normalized spacial score (nSPS) is 20.3. The minimum Gasteiger partial charge on any atom is -0.454 e. The fourth-order valence-electron chi connectivity index (χ4n) is 2.61. The molecule has 0 saturated heterocycles. The van der Waals surface area contributed by atoms with Gasteiger partial charge in [0.05, 0.1) is 0 Å². The van der Waals surface area contributed by atoms with Crippen LogP contribution >= 0.6 is 11.3 Å². The van der Waals surface area contributed by atoms with Gasteiger partial charge >= 0.3 is 0 Å². The van der Waals surface area contributed by atoms with Crippen LogP contribution in [0.15, 0.2) is 29.6 Å². The van der Waals surface area contributed by atoms with Gasteiger partial charge in [-0.1, -0.05) is 6.07 Å². The molecule has 92 valence electrons. The van der Waals surface area contributed by atoms with Crippen LogP contribution in [0.2, 0.25) is 0 Å². The predicted octanol–water partition coefficient (Wildman–Crippen LogP) is 3.23. The number of fused-ring (bicyclic) bond motifs is 2. The van der Waals surface area contributed by atoms with Crippen LogP contribution in [0.4, 0.5) is 5.69 Å². The Kier molecular flexibility index (Phi) is 2.23. The van der Waals surface area contributed by atoms with Gasteiger partial charge in [-0.25, -0.2) is 0 Å². The van der Waals surface area contributed by atoms with Crippen LogP contribution in [-0.4, -0.2) is 13.3 Å². The Balaban J connectivity index is 1.69. The van der Waals surface area contributed by atoms with Crippen molar-refractivity contribution in [3.05, 3.63) is 40.1 Å². The Morgan fingerprint density at radius 1 is 1.22 bits per heavy atom. The van der Waals surface area contributed by atoms with E-state index < -0.39 is 0 Å². The summed E-state index contributed by atoms with van der Waals surface area (Å²) in [5, 5.41) is 5.65. The van der Waals surface area contributed by atoms with E-state index in [0.29, 0.717) is 12.7 Å². The molecular weight excluding hydrogens is 246 g/mol. The lowest BCUT2D eigenvalue weighted by Gasteiger charge is -2.25. The van der Waals surface area contributed by atoms with Crippen molar-refractivity contribution in [2.75, 3.05) is 18.7 Å². The molecule has 0 aliphatic carbocycles. The molecule has 3 nitrogen and oxygen atoms in total. The molecule has 3 heterocycles. The fourth-order valence-corrected chi connectivity index (χ4v) is 3.44. The molecule has 4 rings (SSSR count). The first-order valence-corrected chi connectivity index (χ1v) is 6.98. The summed E-state index contributed by atoms with van der Waals surface area (Å²) >= 11 is 1.83. The molecule has 18 heavy (non-hydrogen) atoms. The number of benzene rings is 1. The summed E-state index contributed by atoms with van der Waals surface area (Å²) in [6, 6.07) is 8.51. The highest BCUT2D eigenvalue weighted by atomic mass is 32.1. The molecule has 2 aliphatic heterocycles. The van der Waals surface area contributed by atoms with Gasteiger partial charge in [0.25, 0.3) is 0 Å². The van der Waals surface area contributed by atoms with Gasteiger partial charge in [0.2, 0.25) is 6.79 Å². The minimum absolute atomic E-state index is 0.340. The third-order valence-corrected chi connectivity index (χ3v) is 4.58. The maximum Gasteiger partial charge on any atom is 0.231 e. The van der Waals surface area contributed by atoms with Gasteiger partial charge in [-0.3, -0.25) is 0 Å². The zero-order valence-corrected chi connectivity index (χ0v) is 10.6. The molecule has 1 unspecified atom stereocenters. The summed E-state index contributed by atoms with van der Waals surface area (Å²) in [5.74, 6) is 2.30. The van der Waals surface area contributed by atoms with Crippen molar-refractivity contribution >= 4 is 17.0 Å². The maximum absolute atomic E-state index is 5.44. The van der Waals surface area contributed by atoms with Gasteiger partial charge in [-0.15, -0.1) is 11.3 Å². The van der Waals surface area contributed by atoms with Crippen molar-refractivity contribution in [1.29, 1.82) is 0 Å². The molecule has 0 radical (unpaired) electrons. The second-order valence-corrected chi connectivity index (χ2v) is 5.64. The van der Waals surface area contributed by atoms with E-state index in [1.54, 1.807) is 0 Å². The Bertz CT molecular complexity index is 580. The average molecular weight is 259 g/mol. The topological polar surface area (TPSA) is 30.5 Å². The molecule has 1 N–H and O–H groups in total. The molecule has 0 fully saturated rings. The first-order chi connectivity index (χ1) is 8.90. The SMILES string of the molecule is c1csc(C2CNc3cc4c(cc3C2)OCO4)c1.